The van der Waals surface area contributed by atoms with E-state index in [1.54, 1.807) is 16.8 Å². The Morgan fingerprint density at radius 2 is 1.46 bits per heavy atom. The quantitative estimate of drug-likeness (QED) is 0.504. The molecule has 2 N–H and O–H groups in total. The maximum absolute atomic E-state index is 11.5. The van der Waals surface area contributed by atoms with Crippen molar-refractivity contribution in [3.05, 3.63) is 83.3 Å². The summed E-state index contributed by atoms with van der Waals surface area (Å²) in [5.41, 5.74) is 2.45. The Labute approximate surface area is 170 Å². The lowest BCUT2D eigenvalue weighted by molar-refractivity contribution is 0.598. The molecule has 0 saturated carbocycles. The normalized spacial score (nSPS) is 11.5. The minimum absolute atomic E-state index is 0.0470. The Bertz CT molecular complexity index is 1220. The lowest BCUT2D eigenvalue weighted by atomic mass is 10.2. The number of hydrogen-bond acceptors (Lipinski definition) is 4. The maximum atomic E-state index is 11.5. The number of benzene rings is 3. The standard InChI is InChI=1S/C20H15BrN4O2S/c21-16-8-6-14(7-9-16)19-23-20(15-4-2-1-3-5-15)25(24-19)17-10-12-18(13-11-17)28(22,26)27/h1-13H,(H2,22,26,27). The first-order valence-corrected chi connectivity index (χ1v) is 10.7. The second-order valence-corrected chi connectivity index (χ2v) is 8.56. The van der Waals surface area contributed by atoms with E-state index in [-0.39, 0.29) is 4.90 Å². The van der Waals surface area contributed by atoms with E-state index >= 15 is 0 Å². The van der Waals surface area contributed by atoms with E-state index in [4.69, 9.17) is 10.1 Å². The Morgan fingerprint density at radius 3 is 2.07 bits per heavy atom. The van der Waals surface area contributed by atoms with E-state index in [9.17, 15) is 8.42 Å². The summed E-state index contributed by atoms with van der Waals surface area (Å²) in [5.74, 6) is 1.23. The van der Waals surface area contributed by atoms with Gasteiger partial charge in [-0.25, -0.2) is 23.2 Å². The third-order valence-corrected chi connectivity index (χ3v) is 5.61. The molecule has 0 unspecified atom stereocenters. The van der Waals surface area contributed by atoms with Crippen LogP contribution in [-0.2, 0) is 10.0 Å². The maximum Gasteiger partial charge on any atom is 0.238 e. The monoisotopic (exact) mass is 454 g/mol. The van der Waals surface area contributed by atoms with Gasteiger partial charge in [0.1, 0.15) is 0 Å². The zero-order valence-corrected chi connectivity index (χ0v) is 16.9. The highest BCUT2D eigenvalue weighted by Gasteiger charge is 2.16. The zero-order valence-electron chi connectivity index (χ0n) is 14.5. The van der Waals surface area contributed by atoms with Gasteiger partial charge in [0, 0.05) is 15.6 Å². The lowest BCUT2D eigenvalue weighted by Gasteiger charge is -2.06. The summed E-state index contributed by atoms with van der Waals surface area (Å²) in [5, 5.41) is 9.85. The molecular formula is C20H15BrN4O2S. The van der Waals surface area contributed by atoms with Crippen molar-refractivity contribution in [2.75, 3.05) is 0 Å². The fourth-order valence-electron chi connectivity index (χ4n) is 2.76. The molecule has 4 aromatic rings. The molecule has 6 nitrogen and oxygen atoms in total. The molecule has 140 valence electrons. The first-order chi connectivity index (χ1) is 13.4. The van der Waals surface area contributed by atoms with Crippen LogP contribution in [0, 0.1) is 0 Å². The molecule has 0 bridgehead atoms. The van der Waals surface area contributed by atoms with Gasteiger partial charge in [0.2, 0.25) is 10.0 Å². The number of rotatable bonds is 4. The summed E-state index contributed by atoms with van der Waals surface area (Å²) in [7, 11) is -3.76. The number of nitrogens with zero attached hydrogens (tertiary/aromatic N) is 3. The van der Waals surface area contributed by atoms with Crippen molar-refractivity contribution in [3.8, 4) is 28.5 Å². The van der Waals surface area contributed by atoms with Crippen LogP contribution in [0.1, 0.15) is 0 Å². The predicted molar refractivity (Wildman–Crippen MR) is 111 cm³/mol. The molecule has 0 saturated heterocycles. The van der Waals surface area contributed by atoms with Crippen LogP contribution in [0.25, 0.3) is 28.5 Å². The molecule has 0 amide bonds. The molecular weight excluding hydrogens is 440 g/mol. The molecule has 28 heavy (non-hydrogen) atoms. The van der Waals surface area contributed by atoms with Gasteiger partial charge in [0.25, 0.3) is 0 Å². The molecule has 1 heterocycles. The Kier molecular flexibility index (Phi) is 4.84. The molecule has 0 aliphatic carbocycles. The topological polar surface area (TPSA) is 90.9 Å². The third kappa shape index (κ3) is 3.75. The van der Waals surface area contributed by atoms with Gasteiger partial charge >= 0.3 is 0 Å². The highest BCUT2D eigenvalue weighted by molar-refractivity contribution is 9.10. The zero-order chi connectivity index (χ0) is 19.7. The van der Waals surface area contributed by atoms with Crippen molar-refractivity contribution >= 4 is 26.0 Å². The fraction of sp³-hybridized carbons (Fsp3) is 0. The molecule has 0 fully saturated rings. The summed E-state index contributed by atoms with van der Waals surface area (Å²) >= 11 is 3.43. The minimum Gasteiger partial charge on any atom is -0.225 e. The fourth-order valence-corrected chi connectivity index (χ4v) is 3.54. The highest BCUT2D eigenvalue weighted by atomic mass is 79.9. The van der Waals surface area contributed by atoms with Crippen LogP contribution in [0.5, 0.6) is 0 Å². The van der Waals surface area contributed by atoms with Gasteiger partial charge in [-0.05, 0) is 36.4 Å². The van der Waals surface area contributed by atoms with Gasteiger partial charge in [-0.3, -0.25) is 0 Å². The van der Waals surface area contributed by atoms with Crippen molar-refractivity contribution in [2.24, 2.45) is 5.14 Å². The SMILES string of the molecule is NS(=O)(=O)c1ccc(-n2nc(-c3ccc(Br)cc3)nc2-c2ccccc2)cc1. The molecule has 1 aromatic heterocycles. The smallest absolute Gasteiger partial charge is 0.225 e. The first-order valence-electron chi connectivity index (χ1n) is 8.33. The van der Waals surface area contributed by atoms with E-state index in [0.717, 1.165) is 15.6 Å². The van der Waals surface area contributed by atoms with Crippen LogP contribution in [0.15, 0.2) is 88.2 Å². The number of primary sulfonamides is 1. The van der Waals surface area contributed by atoms with Gasteiger partial charge in [-0.2, -0.15) is 0 Å². The second-order valence-electron chi connectivity index (χ2n) is 6.08. The van der Waals surface area contributed by atoms with Crippen molar-refractivity contribution in [1.82, 2.24) is 14.8 Å². The van der Waals surface area contributed by atoms with Crippen LogP contribution in [0.3, 0.4) is 0 Å². The molecule has 8 heteroatoms. The molecule has 0 aliphatic rings. The van der Waals surface area contributed by atoms with Crippen LogP contribution < -0.4 is 5.14 Å². The van der Waals surface area contributed by atoms with Gasteiger partial charge in [-0.15, -0.1) is 5.10 Å². The molecule has 0 aliphatic heterocycles. The van der Waals surface area contributed by atoms with E-state index in [0.29, 0.717) is 17.3 Å². The van der Waals surface area contributed by atoms with E-state index in [1.807, 2.05) is 54.6 Å². The van der Waals surface area contributed by atoms with Gasteiger partial charge in [0.05, 0.1) is 10.6 Å². The summed E-state index contributed by atoms with van der Waals surface area (Å²) in [6.07, 6.45) is 0. The van der Waals surface area contributed by atoms with Gasteiger partial charge in [0.15, 0.2) is 11.6 Å². The van der Waals surface area contributed by atoms with Crippen molar-refractivity contribution in [2.45, 2.75) is 4.90 Å². The number of halogens is 1. The van der Waals surface area contributed by atoms with E-state index < -0.39 is 10.0 Å². The predicted octanol–water partition coefficient (Wildman–Crippen LogP) is 4.01. The van der Waals surface area contributed by atoms with Gasteiger partial charge < -0.3 is 0 Å². The Balaban J connectivity index is 1.86. The van der Waals surface area contributed by atoms with Crippen molar-refractivity contribution in [3.63, 3.8) is 0 Å². The molecule has 0 spiro atoms. The van der Waals surface area contributed by atoms with Crippen molar-refractivity contribution in [1.29, 1.82) is 0 Å². The minimum atomic E-state index is -3.76. The molecule has 3 aromatic carbocycles. The summed E-state index contributed by atoms with van der Waals surface area (Å²) in [6, 6.07) is 23.6. The largest absolute Gasteiger partial charge is 0.238 e. The number of aromatic nitrogens is 3. The summed E-state index contributed by atoms with van der Waals surface area (Å²) in [6.45, 7) is 0. The first kappa shape index (κ1) is 18.5. The lowest BCUT2D eigenvalue weighted by Crippen LogP contribution is -2.12. The Morgan fingerprint density at radius 1 is 0.821 bits per heavy atom. The van der Waals surface area contributed by atoms with Crippen LogP contribution >= 0.6 is 15.9 Å². The van der Waals surface area contributed by atoms with E-state index in [1.165, 1.54) is 12.1 Å². The summed E-state index contributed by atoms with van der Waals surface area (Å²) < 4.78 is 25.7. The average Bonchev–Trinajstić information content (AvgIpc) is 3.14. The molecule has 0 atom stereocenters. The van der Waals surface area contributed by atoms with Crippen LogP contribution in [-0.4, -0.2) is 23.2 Å². The van der Waals surface area contributed by atoms with Crippen LogP contribution in [0.2, 0.25) is 0 Å². The number of nitrogens with two attached hydrogens (primary N) is 1. The van der Waals surface area contributed by atoms with Crippen LogP contribution in [0.4, 0.5) is 0 Å². The number of hydrogen-bond donors (Lipinski definition) is 1. The molecule has 0 radical (unpaired) electrons. The van der Waals surface area contributed by atoms with Crippen molar-refractivity contribution < 1.29 is 8.42 Å². The summed E-state index contributed by atoms with van der Waals surface area (Å²) in [4.78, 5) is 4.77. The molecule has 4 rings (SSSR count). The third-order valence-electron chi connectivity index (χ3n) is 4.15. The average molecular weight is 455 g/mol. The number of sulfonamides is 1. The second kappa shape index (κ2) is 7.31. The highest BCUT2D eigenvalue weighted by Crippen LogP contribution is 2.26. The van der Waals surface area contributed by atoms with E-state index in [2.05, 4.69) is 21.0 Å². The van der Waals surface area contributed by atoms with Gasteiger partial charge in [-0.1, -0.05) is 58.4 Å². The Hall–Kier alpha value is -2.81.